The molecule has 160 valence electrons. The van der Waals surface area contributed by atoms with Crippen LogP contribution < -0.4 is 0 Å². The molecule has 2 heterocycles. The number of para-hydroxylation sites is 1. The van der Waals surface area contributed by atoms with Crippen LogP contribution in [-0.2, 0) is 20.7 Å². The minimum absolute atomic E-state index is 0. The maximum absolute atomic E-state index is 11.5. The zero-order chi connectivity index (χ0) is 19.7. The van der Waals surface area contributed by atoms with E-state index in [1.165, 1.54) is 12.8 Å². The van der Waals surface area contributed by atoms with Crippen molar-refractivity contribution in [1.82, 2.24) is 4.90 Å². The van der Waals surface area contributed by atoms with Crippen molar-refractivity contribution in [2.24, 2.45) is 0 Å². The van der Waals surface area contributed by atoms with Gasteiger partial charge >= 0.3 is 5.97 Å². The summed E-state index contributed by atoms with van der Waals surface area (Å²) >= 11 is 0. The van der Waals surface area contributed by atoms with Crippen LogP contribution in [0.15, 0.2) is 28.7 Å². The van der Waals surface area contributed by atoms with Gasteiger partial charge in [0, 0.05) is 37.1 Å². The predicted octanol–water partition coefficient (Wildman–Crippen LogP) is 3.85. The Morgan fingerprint density at radius 3 is 2.45 bits per heavy atom. The van der Waals surface area contributed by atoms with Crippen molar-refractivity contribution in [3.8, 4) is 0 Å². The first-order chi connectivity index (χ1) is 13.6. The number of methoxy groups -OCH3 is 2. The van der Waals surface area contributed by atoms with Crippen molar-refractivity contribution in [2.75, 3.05) is 27.3 Å². The molecule has 2 fully saturated rings. The molecule has 0 bridgehead atoms. The summed E-state index contributed by atoms with van der Waals surface area (Å²) in [4.78, 5) is 14.1. The molecule has 1 aliphatic carbocycles. The van der Waals surface area contributed by atoms with Crippen molar-refractivity contribution in [1.29, 1.82) is 0 Å². The molecule has 1 aromatic heterocycles. The Morgan fingerprint density at radius 2 is 1.79 bits per heavy atom. The molecule has 1 aromatic carbocycles. The van der Waals surface area contributed by atoms with Gasteiger partial charge in [-0.3, -0.25) is 9.69 Å². The monoisotopic (exact) mass is 423 g/mol. The summed E-state index contributed by atoms with van der Waals surface area (Å²) in [6.07, 6.45) is 4.04. The minimum Gasteiger partial charge on any atom is -0.481 e. The normalized spacial score (nSPS) is 27.8. The first-order valence-electron chi connectivity index (χ1n) is 10.1. The van der Waals surface area contributed by atoms with E-state index in [0.29, 0.717) is 11.8 Å². The Bertz CT molecular complexity index is 832. The van der Waals surface area contributed by atoms with Gasteiger partial charge in [0.25, 0.3) is 0 Å². The van der Waals surface area contributed by atoms with E-state index in [4.69, 9.17) is 13.9 Å². The molecule has 4 rings (SSSR count). The fourth-order valence-corrected chi connectivity index (χ4v) is 5.19. The van der Waals surface area contributed by atoms with Gasteiger partial charge in [0.1, 0.15) is 17.8 Å². The minimum atomic E-state index is -0.869. The summed E-state index contributed by atoms with van der Waals surface area (Å²) < 4.78 is 17.6. The largest absolute Gasteiger partial charge is 0.481 e. The van der Waals surface area contributed by atoms with Gasteiger partial charge in [-0.2, -0.15) is 0 Å². The lowest BCUT2D eigenvalue weighted by Crippen LogP contribution is -2.49. The number of fused-ring (bicyclic) bond motifs is 1. The van der Waals surface area contributed by atoms with Gasteiger partial charge in [-0.25, -0.2) is 0 Å². The highest BCUT2D eigenvalue weighted by Crippen LogP contribution is 2.44. The van der Waals surface area contributed by atoms with E-state index >= 15 is 0 Å². The first-order valence-corrected chi connectivity index (χ1v) is 10.1. The number of hydrogen-bond donors (Lipinski definition) is 1. The van der Waals surface area contributed by atoms with Gasteiger partial charge in [0.2, 0.25) is 0 Å². The molecular formula is C22H30ClNO5. The van der Waals surface area contributed by atoms with E-state index in [9.17, 15) is 9.90 Å². The molecule has 29 heavy (non-hydrogen) atoms. The topological polar surface area (TPSA) is 72.1 Å². The Kier molecular flexibility index (Phi) is 7.22. The van der Waals surface area contributed by atoms with E-state index in [-0.39, 0.29) is 37.0 Å². The van der Waals surface area contributed by atoms with Gasteiger partial charge < -0.3 is 19.0 Å². The van der Waals surface area contributed by atoms with E-state index in [1.54, 1.807) is 14.2 Å². The lowest BCUT2D eigenvalue weighted by Gasteiger charge is -2.44. The molecule has 2 aliphatic rings. The molecule has 0 radical (unpaired) electrons. The van der Waals surface area contributed by atoms with E-state index in [2.05, 4.69) is 4.90 Å². The highest BCUT2D eigenvalue weighted by atomic mass is 35.5. The van der Waals surface area contributed by atoms with Crippen molar-refractivity contribution in [3.63, 3.8) is 0 Å². The second-order valence-electron chi connectivity index (χ2n) is 7.94. The number of benzene rings is 1. The summed E-state index contributed by atoms with van der Waals surface area (Å²) in [6.45, 7) is 2.17. The molecule has 2 aromatic rings. The zero-order valence-corrected chi connectivity index (χ0v) is 17.8. The van der Waals surface area contributed by atoms with Gasteiger partial charge in [-0.15, -0.1) is 12.4 Å². The highest BCUT2D eigenvalue weighted by molar-refractivity contribution is 5.85. The number of halogens is 1. The number of nitrogens with zero attached hydrogens (tertiary/aromatic N) is 1. The summed E-state index contributed by atoms with van der Waals surface area (Å²) in [5, 5.41) is 10.5. The smallest absolute Gasteiger partial charge is 0.311 e. The lowest BCUT2D eigenvalue weighted by molar-refractivity contribution is -0.136. The van der Waals surface area contributed by atoms with Crippen molar-refractivity contribution >= 4 is 29.3 Å². The molecule has 1 saturated carbocycles. The van der Waals surface area contributed by atoms with Crippen molar-refractivity contribution in [2.45, 2.75) is 56.3 Å². The molecule has 0 amide bonds. The van der Waals surface area contributed by atoms with Crippen LogP contribution in [0.2, 0.25) is 0 Å². The number of carbonyl (C=O) groups is 1. The maximum atomic E-state index is 11.5. The number of carboxylic acids is 1. The SMILES string of the molecule is COC1CC(c2c(CC(=O)O)oc3ccccc23)C(N2CCCC2)CC1OC.Cl. The van der Waals surface area contributed by atoms with Gasteiger partial charge in [0.05, 0.1) is 12.2 Å². The zero-order valence-electron chi connectivity index (χ0n) is 17.0. The average molecular weight is 424 g/mol. The second kappa shape index (κ2) is 9.47. The molecule has 4 unspecified atom stereocenters. The van der Waals surface area contributed by atoms with Crippen LogP contribution in [0.3, 0.4) is 0 Å². The number of likely N-dealkylation sites (tertiary alicyclic amines) is 1. The number of rotatable bonds is 6. The summed E-state index contributed by atoms with van der Waals surface area (Å²) in [5.41, 5.74) is 1.81. The Balaban J connectivity index is 0.00000240. The molecule has 1 N–H and O–H groups in total. The van der Waals surface area contributed by atoms with Crippen molar-refractivity contribution < 1.29 is 23.8 Å². The van der Waals surface area contributed by atoms with E-state index < -0.39 is 5.97 Å². The van der Waals surface area contributed by atoms with Crippen LogP contribution in [0.25, 0.3) is 11.0 Å². The number of ether oxygens (including phenoxy) is 2. The van der Waals surface area contributed by atoms with Crippen molar-refractivity contribution in [3.05, 3.63) is 35.6 Å². The summed E-state index contributed by atoms with van der Waals surface area (Å²) in [5.74, 6) is -0.132. The Hall–Kier alpha value is -1.60. The summed E-state index contributed by atoms with van der Waals surface area (Å²) in [7, 11) is 3.48. The lowest BCUT2D eigenvalue weighted by atomic mass is 9.75. The molecule has 4 atom stereocenters. The predicted molar refractivity (Wildman–Crippen MR) is 113 cm³/mol. The highest BCUT2D eigenvalue weighted by Gasteiger charge is 2.43. The second-order valence-corrected chi connectivity index (χ2v) is 7.94. The van der Waals surface area contributed by atoms with Gasteiger partial charge in [0.15, 0.2) is 0 Å². The Morgan fingerprint density at radius 1 is 1.14 bits per heavy atom. The van der Waals surface area contributed by atoms with Crippen LogP contribution in [0.5, 0.6) is 0 Å². The van der Waals surface area contributed by atoms with Crippen LogP contribution in [0.1, 0.15) is 42.9 Å². The fraction of sp³-hybridized carbons (Fsp3) is 0.591. The number of hydrogen-bond acceptors (Lipinski definition) is 5. The fourth-order valence-electron chi connectivity index (χ4n) is 5.19. The third-order valence-electron chi connectivity index (χ3n) is 6.45. The van der Waals surface area contributed by atoms with Gasteiger partial charge in [-0.05, 0) is 44.8 Å². The summed E-state index contributed by atoms with van der Waals surface area (Å²) in [6, 6.07) is 8.19. The average Bonchev–Trinajstić information content (AvgIpc) is 3.34. The Labute approximate surface area is 177 Å². The molecule has 0 spiro atoms. The molecule has 7 heteroatoms. The van der Waals surface area contributed by atoms with Gasteiger partial charge in [-0.1, -0.05) is 18.2 Å². The maximum Gasteiger partial charge on any atom is 0.311 e. The van der Waals surface area contributed by atoms with Crippen LogP contribution in [0, 0.1) is 0 Å². The molecule has 6 nitrogen and oxygen atoms in total. The number of carboxylic acid groups (broad SMARTS) is 1. The third-order valence-corrected chi connectivity index (χ3v) is 6.45. The molecule has 1 saturated heterocycles. The van der Waals surface area contributed by atoms with E-state index in [0.717, 1.165) is 42.5 Å². The first kappa shape index (κ1) is 22.1. The molecular weight excluding hydrogens is 394 g/mol. The van der Waals surface area contributed by atoms with E-state index in [1.807, 2.05) is 24.3 Å². The van der Waals surface area contributed by atoms with Crippen LogP contribution in [0.4, 0.5) is 0 Å². The van der Waals surface area contributed by atoms with Crippen LogP contribution in [-0.4, -0.2) is 61.5 Å². The number of furan rings is 1. The standard InChI is InChI=1S/C22H29NO5.ClH/c1-26-18-11-15(16(12-19(18)27-2)23-9-5-6-10-23)22-14-7-3-4-8-17(14)28-20(22)13-21(24)25;/h3-4,7-8,15-16,18-19H,5-6,9-13H2,1-2H3,(H,24,25);1H. The molecule has 1 aliphatic heterocycles. The quantitative estimate of drug-likeness (QED) is 0.760. The van der Waals surface area contributed by atoms with Crippen LogP contribution >= 0.6 is 12.4 Å². The third kappa shape index (κ3) is 4.31. The number of aliphatic carboxylic acids is 1.